The smallest absolute Gasteiger partial charge is 0.238 e. The summed E-state index contributed by atoms with van der Waals surface area (Å²) < 4.78 is 22.2. The minimum Gasteiger partial charge on any atom is -0.805 e. The standard InChI is InChI=1S/C12H8Cl2NO3S/c13-10-4-3-8(11(14)7-10)6-9-2-1-5-15(16)12(9)19(17)18/h1-5,7H,6H2/q-1. The van der Waals surface area contributed by atoms with E-state index in [1.807, 2.05) is 0 Å². The Hall–Kier alpha value is -1.43. The fraction of sp³-hybridized carbons (Fsp3) is 0.0833. The van der Waals surface area contributed by atoms with Crippen LogP contribution in [-0.2, 0) is 16.7 Å². The van der Waals surface area contributed by atoms with Crippen LogP contribution in [-0.4, -0.2) is 13.1 Å². The SMILES string of the molecule is O=S(=O)=c1c(Cc2ccc(Cl)cc2Cl)cccn1[O-]. The van der Waals surface area contributed by atoms with E-state index >= 15 is 0 Å². The Kier molecular flexibility index (Phi) is 4.19. The van der Waals surface area contributed by atoms with E-state index in [1.54, 1.807) is 24.3 Å². The van der Waals surface area contributed by atoms with Gasteiger partial charge in [-0.1, -0.05) is 35.3 Å². The van der Waals surface area contributed by atoms with E-state index in [0.717, 1.165) is 6.20 Å². The summed E-state index contributed by atoms with van der Waals surface area (Å²) in [5.74, 6) is 0. The van der Waals surface area contributed by atoms with Crippen LogP contribution in [0.2, 0.25) is 10.0 Å². The molecule has 0 aliphatic carbocycles. The van der Waals surface area contributed by atoms with E-state index < -0.39 is 10.3 Å². The number of benzene rings is 1. The summed E-state index contributed by atoms with van der Waals surface area (Å²) in [4.78, 5) is 0. The van der Waals surface area contributed by atoms with Crippen molar-refractivity contribution in [3.05, 3.63) is 67.5 Å². The number of hydrogen-bond acceptors (Lipinski definition) is 3. The van der Waals surface area contributed by atoms with Crippen LogP contribution in [0, 0.1) is 9.85 Å². The number of rotatable bonds is 2. The summed E-state index contributed by atoms with van der Waals surface area (Å²) in [7, 11) is -2.61. The van der Waals surface area contributed by atoms with Gasteiger partial charge in [-0.2, -0.15) is 8.42 Å². The van der Waals surface area contributed by atoms with Gasteiger partial charge in [0.15, 0.2) is 4.64 Å². The molecule has 7 heteroatoms. The van der Waals surface area contributed by atoms with Gasteiger partial charge in [-0.15, -0.1) is 0 Å². The molecule has 19 heavy (non-hydrogen) atoms. The van der Waals surface area contributed by atoms with Gasteiger partial charge in [0.25, 0.3) is 0 Å². The fourth-order valence-corrected chi connectivity index (χ4v) is 2.74. The zero-order chi connectivity index (χ0) is 14.0. The third-order valence-corrected chi connectivity index (χ3v) is 3.89. The quantitative estimate of drug-likeness (QED) is 0.799. The average Bonchev–Trinajstić information content (AvgIpc) is 2.32. The van der Waals surface area contributed by atoms with Crippen molar-refractivity contribution >= 4 is 33.5 Å². The summed E-state index contributed by atoms with van der Waals surface area (Å²) in [6.07, 6.45) is 1.38. The molecular weight excluding hydrogens is 309 g/mol. The lowest BCUT2D eigenvalue weighted by Gasteiger charge is -2.12. The third kappa shape index (κ3) is 3.12. The molecule has 0 unspecified atom stereocenters. The predicted molar refractivity (Wildman–Crippen MR) is 74.6 cm³/mol. The molecule has 0 aliphatic heterocycles. The lowest BCUT2D eigenvalue weighted by Crippen LogP contribution is -1.99. The summed E-state index contributed by atoms with van der Waals surface area (Å²) in [6, 6.07) is 7.99. The lowest BCUT2D eigenvalue weighted by molar-refractivity contribution is 0.623. The number of pyridine rings is 1. The van der Waals surface area contributed by atoms with Crippen LogP contribution in [0.5, 0.6) is 0 Å². The van der Waals surface area contributed by atoms with Gasteiger partial charge in [-0.3, -0.25) is 0 Å². The van der Waals surface area contributed by atoms with Gasteiger partial charge < -0.3 is 9.94 Å². The van der Waals surface area contributed by atoms with Crippen LogP contribution >= 0.6 is 23.2 Å². The maximum absolute atomic E-state index is 11.5. The molecule has 0 amide bonds. The minimum absolute atomic E-state index is 0.238. The molecular formula is C12H8Cl2NO3S-. The van der Waals surface area contributed by atoms with Gasteiger partial charge in [-0.25, -0.2) is 0 Å². The Morgan fingerprint density at radius 3 is 2.53 bits per heavy atom. The molecule has 2 aromatic rings. The van der Waals surface area contributed by atoms with Crippen molar-refractivity contribution < 1.29 is 8.42 Å². The van der Waals surface area contributed by atoms with Crippen LogP contribution in [0.3, 0.4) is 0 Å². The van der Waals surface area contributed by atoms with Crippen LogP contribution in [0.25, 0.3) is 0 Å². The first-order valence-corrected chi connectivity index (χ1v) is 7.06. The fourth-order valence-electron chi connectivity index (χ4n) is 1.70. The number of halogens is 2. The highest BCUT2D eigenvalue weighted by molar-refractivity contribution is 7.63. The molecule has 0 saturated heterocycles. The molecule has 1 aromatic heterocycles. The van der Waals surface area contributed by atoms with Crippen molar-refractivity contribution in [3.8, 4) is 0 Å². The summed E-state index contributed by atoms with van der Waals surface area (Å²) >= 11 is 11.8. The Morgan fingerprint density at radius 2 is 1.89 bits per heavy atom. The van der Waals surface area contributed by atoms with Gasteiger partial charge >= 0.3 is 0 Å². The van der Waals surface area contributed by atoms with Crippen molar-refractivity contribution in [3.63, 3.8) is 0 Å². The van der Waals surface area contributed by atoms with Gasteiger partial charge in [0.05, 0.1) is 0 Å². The van der Waals surface area contributed by atoms with Crippen molar-refractivity contribution in [2.24, 2.45) is 0 Å². The molecule has 0 aliphatic rings. The highest BCUT2D eigenvalue weighted by Gasteiger charge is 2.05. The average molecular weight is 317 g/mol. The van der Waals surface area contributed by atoms with Crippen molar-refractivity contribution in [1.29, 1.82) is 0 Å². The molecule has 0 atom stereocenters. The molecule has 2 rings (SSSR count). The molecule has 0 bridgehead atoms. The first-order valence-electron chi connectivity index (χ1n) is 5.23. The van der Waals surface area contributed by atoms with Gasteiger partial charge in [0, 0.05) is 16.5 Å². The second kappa shape index (κ2) is 5.69. The van der Waals surface area contributed by atoms with Gasteiger partial charge in [-0.05, 0) is 35.5 Å². The molecule has 0 saturated carbocycles. The molecule has 1 heterocycles. The van der Waals surface area contributed by atoms with Crippen molar-refractivity contribution in [2.45, 2.75) is 6.42 Å². The van der Waals surface area contributed by atoms with E-state index in [2.05, 4.69) is 0 Å². The van der Waals surface area contributed by atoms with Crippen molar-refractivity contribution in [1.82, 2.24) is 4.73 Å². The highest BCUT2D eigenvalue weighted by Crippen LogP contribution is 2.23. The van der Waals surface area contributed by atoms with Gasteiger partial charge in [0.2, 0.25) is 10.3 Å². The monoisotopic (exact) mass is 316 g/mol. The van der Waals surface area contributed by atoms with Crippen molar-refractivity contribution in [2.75, 3.05) is 0 Å². The van der Waals surface area contributed by atoms with E-state index in [1.165, 1.54) is 6.07 Å². The Labute approximate surface area is 120 Å². The normalized spacial score (nSPS) is 10.4. The zero-order valence-electron chi connectivity index (χ0n) is 9.51. The van der Waals surface area contributed by atoms with E-state index in [-0.39, 0.29) is 11.1 Å². The summed E-state index contributed by atoms with van der Waals surface area (Å²) in [6.45, 7) is 0. The molecule has 4 nitrogen and oxygen atoms in total. The Balaban J connectivity index is 2.57. The number of nitrogens with zero attached hydrogens (tertiary/aromatic N) is 1. The topological polar surface area (TPSA) is 62.1 Å². The van der Waals surface area contributed by atoms with Crippen LogP contribution in [0.15, 0.2) is 36.5 Å². The van der Waals surface area contributed by atoms with E-state index in [4.69, 9.17) is 23.2 Å². The summed E-state index contributed by atoms with van der Waals surface area (Å²) in [5.41, 5.74) is 1.08. The van der Waals surface area contributed by atoms with Crippen LogP contribution in [0.1, 0.15) is 11.1 Å². The summed E-state index contributed by atoms with van der Waals surface area (Å²) in [5, 5.41) is 12.4. The van der Waals surface area contributed by atoms with E-state index in [9.17, 15) is 13.6 Å². The predicted octanol–water partition coefficient (Wildman–Crippen LogP) is 3.14. The lowest BCUT2D eigenvalue weighted by atomic mass is 10.1. The molecule has 0 spiro atoms. The molecule has 100 valence electrons. The molecule has 0 radical (unpaired) electrons. The second-order valence-corrected chi connectivity index (χ2v) is 5.51. The first kappa shape index (κ1) is 14.0. The minimum atomic E-state index is -2.61. The maximum atomic E-state index is 11.5. The Morgan fingerprint density at radius 1 is 1.16 bits per heavy atom. The van der Waals surface area contributed by atoms with Crippen LogP contribution < -0.4 is 0 Å². The highest BCUT2D eigenvalue weighted by atomic mass is 35.5. The second-order valence-electron chi connectivity index (χ2n) is 3.81. The molecule has 1 aromatic carbocycles. The van der Waals surface area contributed by atoms with E-state index in [0.29, 0.717) is 25.9 Å². The largest absolute Gasteiger partial charge is 0.805 e. The third-order valence-electron chi connectivity index (χ3n) is 2.55. The molecule has 0 fully saturated rings. The van der Waals surface area contributed by atoms with Crippen LogP contribution in [0.4, 0.5) is 0 Å². The zero-order valence-corrected chi connectivity index (χ0v) is 11.8. The first-order chi connectivity index (χ1) is 8.99. The molecule has 0 N–H and O–H groups in total. The maximum Gasteiger partial charge on any atom is 0.238 e. The number of hydrogen-bond donors (Lipinski definition) is 0. The van der Waals surface area contributed by atoms with Gasteiger partial charge in [0.1, 0.15) is 0 Å². The number of aromatic nitrogens is 1. The Bertz CT molecular complexity index is 789.